The van der Waals surface area contributed by atoms with E-state index in [4.69, 9.17) is 9.26 Å². The Labute approximate surface area is 164 Å². The molecule has 0 spiro atoms. The van der Waals surface area contributed by atoms with E-state index in [1.54, 1.807) is 0 Å². The smallest absolute Gasteiger partial charge is 0.231 e. The first-order valence-corrected chi connectivity index (χ1v) is 9.72. The number of alkyl halides is 1. The number of aromatic nitrogens is 1. The number of likely N-dealkylation sites (tertiary alicyclic amines) is 1. The van der Waals surface area contributed by atoms with Crippen molar-refractivity contribution in [3.63, 3.8) is 0 Å². The van der Waals surface area contributed by atoms with Crippen LogP contribution in [0.1, 0.15) is 40.5 Å². The van der Waals surface area contributed by atoms with Crippen LogP contribution in [0, 0.1) is 20.8 Å². The second-order valence-electron chi connectivity index (χ2n) is 7.93. The minimum absolute atomic E-state index is 0.0640. The van der Waals surface area contributed by atoms with Gasteiger partial charge in [0.25, 0.3) is 0 Å². The molecule has 1 fully saturated rings. The van der Waals surface area contributed by atoms with Gasteiger partial charge in [-0.15, -0.1) is 0 Å². The molecule has 0 aliphatic carbocycles. The lowest BCUT2D eigenvalue weighted by molar-refractivity contribution is -0.123. The average Bonchev–Trinajstić information content (AvgIpc) is 3.33. The maximum Gasteiger partial charge on any atom is 0.231 e. The quantitative estimate of drug-likeness (QED) is 0.855. The largest absolute Gasteiger partial charge is 0.492 e. The number of hydrogen-bond acceptors (Lipinski definition) is 5. The van der Waals surface area contributed by atoms with Gasteiger partial charge in [0.1, 0.15) is 24.4 Å². The first-order valence-electron chi connectivity index (χ1n) is 9.72. The third kappa shape index (κ3) is 3.76. The molecule has 7 heteroatoms. The zero-order valence-corrected chi connectivity index (χ0v) is 16.5. The number of hydrogen-bond donors (Lipinski definition) is 1. The number of halogens is 1. The maximum absolute atomic E-state index is 14.0. The molecule has 1 amide bonds. The van der Waals surface area contributed by atoms with E-state index in [9.17, 15) is 9.18 Å². The fourth-order valence-corrected chi connectivity index (χ4v) is 4.05. The molecule has 1 aromatic heterocycles. The predicted octanol–water partition coefficient (Wildman–Crippen LogP) is 2.80. The molecule has 2 aliphatic rings. The third-order valence-corrected chi connectivity index (χ3v) is 5.75. The van der Waals surface area contributed by atoms with Crippen LogP contribution in [0.5, 0.6) is 5.75 Å². The van der Waals surface area contributed by atoms with Crippen LogP contribution >= 0.6 is 0 Å². The summed E-state index contributed by atoms with van der Waals surface area (Å²) >= 11 is 0. The summed E-state index contributed by atoms with van der Waals surface area (Å²) in [6.07, 6.45) is -0.490. The second-order valence-corrected chi connectivity index (χ2v) is 7.93. The highest BCUT2D eigenvalue weighted by atomic mass is 19.1. The molecule has 2 aliphatic heterocycles. The summed E-state index contributed by atoms with van der Waals surface area (Å²) in [6, 6.07) is 5.82. The molecule has 4 rings (SSSR count). The number of aryl methyl sites for hydroxylation is 3. The molecule has 150 valence electrons. The summed E-state index contributed by atoms with van der Waals surface area (Å²) in [5.41, 5.74) is 4.04. The van der Waals surface area contributed by atoms with Crippen molar-refractivity contribution < 1.29 is 18.4 Å². The van der Waals surface area contributed by atoms with Gasteiger partial charge >= 0.3 is 0 Å². The van der Waals surface area contributed by atoms with E-state index in [0.717, 1.165) is 28.1 Å². The van der Waals surface area contributed by atoms with E-state index in [1.807, 2.05) is 43.9 Å². The van der Waals surface area contributed by atoms with Crippen LogP contribution in [0.2, 0.25) is 0 Å². The molecular formula is C21H26FN3O3. The van der Waals surface area contributed by atoms with Gasteiger partial charge in [0.05, 0.1) is 12.2 Å². The zero-order chi connectivity index (χ0) is 19.8. The van der Waals surface area contributed by atoms with Crippen LogP contribution in [-0.4, -0.2) is 47.9 Å². The van der Waals surface area contributed by atoms with Crippen molar-refractivity contribution in [3.8, 4) is 5.75 Å². The number of nitrogens with one attached hydrogen (secondary N) is 1. The zero-order valence-electron chi connectivity index (χ0n) is 16.5. The van der Waals surface area contributed by atoms with Crippen LogP contribution in [0.15, 0.2) is 22.7 Å². The van der Waals surface area contributed by atoms with Crippen molar-refractivity contribution in [1.29, 1.82) is 0 Å². The van der Waals surface area contributed by atoms with Crippen molar-refractivity contribution in [1.82, 2.24) is 15.4 Å². The SMILES string of the molecule is Cc1cc(CN2C[C@@H](F)C[C@H]2CNC(=O)C2COc3cc(C)c(C)cc32)on1. The Morgan fingerprint density at radius 1 is 1.29 bits per heavy atom. The molecule has 1 unspecified atom stereocenters. The lowest BCUT2D eigenvalue weighted by Crippen LogP contribution is -2.41. The molecule has 0 radical (unpaired) electrons. The highest BCUT2D eigenvalue weighted by molar-refractivity contribution is 5.85. The number of amides is 1. The van der Waals surface area contributed by atoms with Gasteiger partial charge in [-0.05, 0) is 44.4 Å². The van der Waals surface area contributed by atoms with Crippen LogP contribution in [0.4, 0.5) is 4.39 Å². The third-order valence-electron chi connectivity index (χ3n) is 5.75. The van der Waals surface area contributed by atoms with Crippen molar-refractivity contribution in [2.24, 2.45) is 0 Å². The van der Waals surface area contributed by atoms with Gasteiger partial charge in [-0.1, -0.05) is 11.2 Å². The summed E-state index contributed by atoms with van der Waals surface area (Å²) in [7, 11) is 0. The Bertz CT molecular complexity index is 882. The number of fused-ring (bicyclic) bond motifs is 1. The van der Waals surface area contributed by atoms with Gasteiger partial charge in [0.2, 0.25) is 5.91 Å². The lowest BCUT2D eigenvalue weighted by atomic mass is 9.96. The van der Waals surface area contributed by atoms with E-state index < -0.39 is 6.17 Å². The van der Waals surface area contributed by atoms with E-state index in [2.05, 4.69) is 10.5 Å². The van der Waals surface area contributed by atoms with Crippen LogP contribution in [-0.2, 0) is 11.3 Å². The van der Waals surface area contributed by atoms with Crippen LogP contribution < -0.4 is 10.1 Å². The molecule has 3 heterocycles. The Hall–Kier alpha value is -2.41. The molecule has 1 N–H and O–H groups in total. The van der Waals surface area contributed by atoms with E-state index in [1.165, 1.54) is 0 Å². The van der Waals surface area contributed by atoms with Gasteiger partial charge in [0.15, 0.2) is 5.76 Å². The Morgan fingerprint density at radius 2 is 2.07 bits per heavy atom. The van der Waals surface area contributed by atoms with Crippen LogP contribution in [0.3, 0.4) is 0 Å². The van der Waals surface area contributed by atoms with Gasteiger partial charge in [0, 0.05) is 30.8 Å². The Balaban J connectivity index is 1.38. The Kier molecular flexibility index (Phi) is 5.10. The summed E-state index contributed by atoms with van der Waals surface area (Å²) in [5.74, 6) is 1.11. The summed E-state index contributed by atoms with van der Waals surface area (Å²) in [5, 5.41) is 6.89. The number of carbonyl (C=O) groups excluding carboxylic acids is 1. The lowest BCUT2D eigenvalue weighted by Gasteiger charge is -2.23. The van der Waals surface area contributed by atoms with Gasteiger partial charge in [-0.25, -0.2) is 4.39 Å². The summed E-state index contributed by atoms with van der Waals surface area (Å²) in [4.78, 5) is 14.8. The van der Waals surface area contributed by atoms with Crippen molar-refractivity contribution in [3.05, 3.63) is 46.3 Å². The van der Waals surface area contributed by atoms with E-state index >= 15 is 0 Å². The van der Waals surface area contributed by atoms with Gasteiger partial charge < -0.3 is 14.6 Å². The molecular weight excluding hydrogens is 361 g/mol. The fraction of sp³-hybridized carbons (Fsp3) is 0.524. The molecule has 0 bridgehead atoms. The second kappa shape index (κ2) is 7.54. The topological polar surface area (TPSA) is 67.6 Å². The molecule has 6 nitrogen and oxygen atoms in total. The number of rotatable bonds is 5. The van der Waals surface area contributed by atoms with Crippen molar-refractivity contribution in [2.75, 3.05) is 19.7 Å². The highest BCUT2D eigenvalue weighted by Crippen LogP contribution is 2.36. The first-order chi connectivity index (χ1) is 13.4. The Morgan fingerprint density at radius 3 is 2.82 bits per heavy atom. The molecule has 0 saturated carbocycles. The normalized spacial score (nSPS) is 24.2. The standard InChI is InChI=1S/C21H26FN3O3/c1-12-4-18-19(11-27-20(18)5-13(12)2)21(26)23-8-16-7-15(22)9-25(16)10-17-6-14(3)24-28-17/h4-6,15-16,19H,7-11H2,1-3H3,(H,23,26)/t15-,16-,19?/m0/s1. The summed E-state index contributed by atoms with van der Waals surface area (Å²) < 4.78 is 25.0. The molecule has 3 atom stereocenters. The average molecular weight is 387 g/mol. The molecule has 28 heavy (non-hydrogen) atoms. The highest BCUT2D eigenvalue weighted by Gasteiger charge is 2.35. The summed E-state index contributed by atoms with van der Waals surface area (Å²) in [6.45, 7) is 7.52. The molecule has 1 aromatic carbocycles. The van der Waals surface area contributed by atoms with Crippen molar-refractivity contribution in [2.45, 2.75) is 51.9 Å². The van der Waals surface area contributed by atoms with Crippen molar-refractivity contribution >= 4 is 5.91 Å². The van der Waals surface area contributed by atoms with Crippen LogP contribution in [0.25, 0.3) is 0 Å². The van der Waals surface area contributed by atoms with E-state index in [-0.39, 0.29) is 17.9 Å². The number of benzene rings is 1. The van der Waals surface area contributed by atoms with Gasteiger partial charge in [-0.3, -0.25) is 9.69 Å². The molecule has 2 aromatic rings. The minimum Gasteiger partial charge on any atom is -0.492 e. The number of nitrogens with zero attached hydrogens (tertiary/aromatic N) is 2. The monoisotopic (exact) mass is 387 g/mol. The van der Waals surface area contributed by atoms with Gasteiger partial charge in [-0.2, -0.15) is 0 Å². The maximum atomic E-state index is 14.0. The fourth-order valence-electron chi connectivity index (χ4n) is 4.05. The number of carbonyl (C=O) groups is 1. The van der Waals surface area contributed by atoms with E-state index in [0.29, 0.717) is 38.4 Å². The first kappa shape index (κ1) is 18.9. The molecule has 1 saturated heterocycles. The predicted molar refractivity (Wildman–Crippen MR) is 102 cm³/mol. The minimum atomic E-state index is -0.896. The number of ether oxygens (including phenoxy) is 1.